The summed E-state index contributed by atoms with van der Waals surface area (Å²) in [7, 11) is 0. The first kappa shape index (κ1) is 11.8. The summed E-state index contributed by atoms with van der Waals surface area (Å²) in [6.45, 7) is 2.68. The molecule has 0 amide bonds. The molecule has 1 nitrogen and oxygen atoms in total. The molecule has 0 aromatic heterocycles. The van der Waals surface area contributed by atoms with E-state index in [9.17, 15) is 4.39 Å². The maximum absolute atomic E-state index is 12.8. The van der Waals surface area contributed by atoms with Crippen LogP contribution in [0.5, 0.6) is 0 Å². The highest BCUT2D eigenvalue weighted by Gasteiger charge is 2.08. The molecule has 0 heterocycles. The van der Waals surface area contributed by atoms with Gasteiger partial charge >= 0.3 is 0 Å². The fourth-order valence-corrected chi connectivity index (χ4v) is 1.89. The maximum Gasteiger partial charge on any atom is 0.123 e. The summed E-state index contributed by atoms with van der Waals surface area (Å²) in [5.74, 6) is 0.0712. The monoisotopic (exact) mass is 229 g/mol. The standard InChI is InChI=1S/C15H16FN/c1-11(14-6-8-15(16)9-7-14)13-4-2-12(10-17)3-5-13/h2-9,11H,10,17H2,1H3. The molecule has 2 rings (SSSR count). The Labute approximate surface area is 101 Å². The van der Waals surface area contributed by atoms with E-state index in [1.165, 1.54) is 17.7 Å². The zero-order valence-corrected chi connectivity index (χ0v) is 9.86. The lowest BCUT2D eigenvalue weighted by molar-refractivity contribution is 0.626. The summed E-state index contributed by atoms with van der Waals surface area (Å²) in [5, 5.41) is 0. The summed E-state index contributed by atoms with van der Waals surface area (Å²) in [5.41, 5.74) is 9.02. The van der Waals surface area contributed by atoms with E-state index >= 15 is 0 Å². The number of hydrogen-bond acceptors (Lipinski definition) is 1. The molecule has 0 saturated heterocycles. The molecule has 0 aliphatic heterocycles. The van der Waals surface area contributed by atoms with Crippen LogP contribution in [0.2, 0.25) is 0 Å². The van der Waals surface area contributed by atoms with Gasteiger partial charge in [-0.1, -0.05) is 43.3 Å². The molecule has 0 fully saturated rings. The molecular weight excluding hydrogens is 213 g/mol. The fourth-order valence-electron chi connectivity index (χ4n) is 1.89. The summed E-state index contributed by atoms with van der Waals surface area (Å²) >= 11 is 0. The molecule has 1 atom stereocenters. The minimum Gasteiger partial charge on any atom is -0.326 e. The van der Waals surface area contributed by atoms with Crippen molar-refractivity contribution < 1.29 is 4.39 Å². The molecule has 0 bridgehead atoms. The molecule has 0 radical (unpaired) electrons. The smallest absolute Gasteiger partial charge is 0.123 e. The highest BCUT2D eigenvalue weighted by Crippen LogP contribution is 2.24. The second-order valence-electron chi connectivity index (χ2n) is 4.22. The Bertz CT molecular complexity index is 473. The van der Waals surface area contributed by atoms with Gasteiger partial charge in [0.1, 0.15) is 5.82 Å². The van der Waals surface area contributed by atoms with Crippen molar-refractivity contribution in [3.8, 4) is 0 Å². The van der Waals surface area contributed by atoms with Crippen LogP contribution in [0.3, 0.4) is 0 Å². The molecule has 0 aliphatic carbocycles. The van der Waals surface area contributed by atoms with Crippen LogP contribution in [0.25, 0.3) is 0 Å². The van der Waals surface area contributed by atoms with E-state index < -0.39 is 0 Å². The van der Waals surface area contributed by atoms with Crippen molar-refractivity contribution in [2.75, 3.05) is 0 Å². The number of rotatable bonds is 3. The van der Waals surface area contributed by atoms with Crippen LogP contribution in [0.1, 0.15) is 29.5 Å². The predicted octanol–water partition coefficient (Wildman–Crippen LogP) is 3.44. The SMILES string of the molecule is CC(c1ccc(F)cc1)c1ccc(CN)cc1. The zero-order valence-electron chi connectivity index (χ0n) is 9.86. The zero-order chi connectivity index (χ0) is 12.3. The van der Waals surface area contributed by atoms with E-state index in [1.807, 2.05) is 24.3 Å². The molecule has 0 saturated carbocycles. The number of hydrogen-bond donors (Lipinski definition) is 1. The van der Waals surface area contributed by atoms with Gasteiger partial charge in [-0.2, -0.15) is 0 Å². The fraction of sp³-hybridized carbons (Fsp3) is 0.200. The minimum atomic E-state index is -0.195. The quantitative estimate of drug-likeness (QED) is 0.857. The Balaban J connectivity index is 2.23. The van der Waals surface area contributed by atoms with Crippen molar-refractivity contribution in [2.45, 2.75) is 19.4 Å². The van der Waals surface area contributed by atoms with Gasteiger partial charge in [-0.25, -0.2) is 4.39 Å². The lowest BCUT2D eigenvalue weighted by Gasteiger charge is -2.12. The van der Waals surface area contributed by atoms with E-state index in [4.69, 9.17) is 5.73 Å². The van der Waals surface area contributed by atoms with Crippen molar-refractivity contribution in [1.82, 2.24) is 0 Å². The van der Waals surface area contributed by atoms with Gasteiger partial charge < -0.3 is 5.73 Å². The lowest BCUT2D eigenvalue weighted by atomic mass is 9.92. The van der Waals surface area contributed by atoms with Crippen molar-refractivity contribution in [1.29, 1.82) is 0 Å². The lowest BCUT2D eigenvalue weighted by Crippen LogP contribution is -1.99. The molecule has 88 valence electrons. The van der Waals surface area contributed by atoms with Gasteiger partial charge in [-0.3, -0.25) is 0 Å². The molecule has 0 spiro atoms. The van der Waals surface area contributed by atoms with Gasteiger partial charge in [0, 0.05) is 12.5 Å². The van der Waals surface area contributed by atoms with Crippen molar-refractivity contribution in [2.24, 2.45) is 5.73 Å². The van der Waals surface area contributed by atoms with E-state index in [0.717, 1.165) is 11.1 Å². The van der Waals surface area contributed by atoms with E-state index in [1.54, 1.807) is 0 Å². The first-order valence-electron chi connectivity index (χ1n) is 5.75. The summed E-state index contributed by atoms with van der Waals surface area (Å²) < 4.78 is 12.8. The molecule has 17 heavy (non-hydrogen) atoms. The third kappa shape index (κ3) is 2.71. The predicted molar refractivity (Wildman–Crippen MR) is 68.3 cm³/mol. The topological polar surface area (TPSA) is 26.0 Å². The third-order valence-electron chi connectivity index (χ3n) is 3.09. The average Bonchev–Trinajstić information content (AvgIpc) is 2.39. The Morgan fingerprint density at radius 2 is 1.41 bits per heavy atom. The van der Waals surface area contributed by atoms with Gasteiger partial charge in [0.05, 0.1) is 0 Å². The van der Waals surface area contributed by atoms with Gasteiger partial charge in [0.2, 0.25) is 0 Å². The number of benzene rings is 2. The summed E-state index contributed by atoms with van der Waals surface area (Å²) in [4.78, 5) is 0. The largest absolute Gasteiger partial charge is 0.326 e. The number of halogens is 1. The van der Waals surface area contributed by atoms with Crippen LogP contribution in [0.15, 0.2) is 48.5 Å². The summed E-state index contributed by atoms with van der Waals surface area (Å²) in [6.07, 6.45) is 0. The first-order valence-corrected chi connectivity index (χ1v) is 5.75. The molecule has 2 N–H and O–H groups in total. The Hall–Kier alpha value is -1.67. The van der Waals surface area contributed by atoms with E-state index in [2.05, 4.69) is 19.1 Å². The van der Waals surface area contributed by atoms with Crippen molar-refractivity contribution >= 4 is 0 Å². The summed E-state index contributed by atoms with van der Waals surface area (Å²) in [6, 6.07) is 14.9. The molecular formula is C15H16FN. The van der Waals surface area contributed by atoms with Crippen LogP contribution < -0.4 is 5.73 Å². The Kier molecular flexibility index (Phi) is 3.55. The normalized spacial score (nSPS) is 12.4. The second kappa shape index (κ2) is 5.11. The van der Waals surface area contributed by atoms with Crippen LogP contribution in [0, 0.1) is 5.82 Å². The molecule has 1 unspecified atom stereocenters. The highest BCUT2D eigenvalue weighted by molar-refractivity contribution is 5.33. The molecule has 2 aromatic carbocycles. The van der Waals surface area contributed by atoms with Gasteiger partial charge in [0.15, 0.2) is 0 Å². The van der Waals surface area contributed by atoms with Crippen LogP contribution in [0.4, 0.5) is 4.39 Å². The highest BCUT2D eigenvalue weighted by atomic mass is 19.1. The van der Waals surface area contributed by atoms with Crippen LogP contribution >= 0.6 is 0 Å². The van der Waals surface area contributed by atoms with Crippen molar-refractivity contribution in [3.05, 3.63) is 71.0 Å². The van der Waals surface area contributed by atoms with E-state index in [-0.39, 0.29) is 11.7 Å². The number of nitrogens with two attached hydrogens (primary N) is 1. The van der Waals surface area contributed by atoms with E-state index in [0.29, 0.717) is 6.54 Å². The van der Waals surface area contributed by atoms with Crippen molar-refractivity contribution in [3.63, 3.8) is 0 Å². The Morgan fingerprint density at radius 3 is 1.88 bits per heavy atom. The minimum absolute atomic E-state index is 0.195. The third-order valence-corrected chi connectivity index (χ3v) is 3.09. The van der Waals surface area contributed by atoms with Crippen LogP contribution in [-0.2, 0) is 6.54 Å². The molecule has 2 heteroatoms. The first-order chi connectivity index (χ1) is 8.20. The van der Waals surface area contributed by atoms with Gasteiger partial charge in [-0.15, -0.1) is 0 Å². The Morgan fingerprint density at radius 1 is 0.941 bits per heavy atom. The average molecular weight is 229 g/mol. The van der Waals surface area contributed by atoms with Gasteiger partial charge in [0.25, 0.3) is 0 Å². The second-order valence-corrected chi connectivity index (χ2v) is 4.22. The molecule has 2 aromatic rings. The molecule has 0 aliphatic rings. The van der Waals surface area contributed by atoms with Gasteiger partial charge in [-0.05, 0) is 28.8 Å². The van der Waals surface area contributed by atoms with Crippen LogP contribution in [-0.4, -0.2) is 0 Å². The maximum atomic E-state index is 12.8.